The SMILES string of the molecule is CC1(C)c2ccccc2N(c2cc(N3c4ccccc4C(C)(C)c4ccccc43)c3c(N4c5ccccc5C(C)(C)c5ccccc54)ccc4c3c2-c2nccnc2-4)c2ccccc21. The molecule has 0 radical (unpaired) electrons. The van der Waals surface area contributed by atoms with Gasteiger partial charge >= 0.3 is 0 Å². The van der Waals surface area contributed by atoms with Crippen molar-refractivity contribution >= 4 is 62.0 Å². The van der Waals surface area contributed by atoms with Crippen molar-refractivity contribution in [3.8, 4) is 22.5 Å². The average molecular weight is 826 g/mol. The predicted octanol–water partition coefficient (Wildman–Crippen LogP) is 15.6. The molecular weight excluding hydrogens is 779 g/mol. The fourth-order valence-corrected chi connectivity index (χ4v) is 12.0. The first-order valence-electron chi connectivity index (χ1n) is 22.5. The third kappa shape index (κ3) is 4.68. The second kappa shape index (κ2) is 12.8. The lowest BCUT2D eigenvalue weighted by Crippen LogP contribution is -2.32. The third-order valence-electron chi connectivity index (χ3n) is 15.0. The van der Waals surface area contributed by atoms with Crippen LogP contribution in [-0.4, -0.2) is 9.97 Å². The molecule has 0 fully saturated rings. The first-order chi connectivity index (χ1) is 31.1. The van der Waals surface area contributed by atoms with E-state index < -0.39 is 0 Å². The van der Waals surface area contributed by atoms with E-state index in [1.807, 2.05) is 12.4 Å². The van der Waals surface area contributed by atoms with Crippen LogP contribution < -0.4 is 14.7 Å². The molecule has 4 aliphatic rings. The first-order valence-corrected chi connectivity index (χ1v) is 22.5. The van der Waals surface area contributed by atoms with Crippen LogP contribution in [0.3, 0.4) is 0 Å². The van der Waals surface area contributed by atoms with Crippen molar-refractivity contribution in [1.82, 2.24) is 9.97 Å². The Bertz CT molecular complexity index is 3320. The average Bonchev–Trinajstić information content (AvgIpc) is 3.66. The number of fused-ring (bicyclic) bond motifs is 9. The molecular formula is C59H47N5. The van der Waals surface area contributed by atoms with E-state index in [9.17, 15) is 0 Å². The molecule has 0 amide bonds. The summed E-state index contributed by atoms with van der Waals surface area (Å²) in [5.74, 6) is 0. The van der Waals surface area contributed by atoms with Gasteiger partial charge in [-0.2, -0.15) is 0 Å². The summed E-state index contributed by atoms with van der Waals surface area (Å²) in [4.78, 5) is 18.0. The summed E-state index contributed by atoms with van der Waals surface area (Å²) in [6, 6.07) is 61.1. The molecule has 4 heterocycles. The van der Waals surface area contributed by atoms with E-state index >= 15 is 0 Å². The van der Waals surface area contributed by atoms with Gasteiger partial charge in [-0.05, 0) is 88.0 Å². The zero-order chi connectivity index (χ0) is 43.3. The number of rotatable bonds is 3. The summed E-state index contributed by atoms with van der Waals surface area (Å²) in [6.45, 7) is 14.2. The number of aromatic nitrogens is 2. The summed E-state index contributed by atoms with van der Waals surface area (Å²) in [7, 11) is 0. The van der Waals surface area contributed by atoms with E-state index in [1.54, 1.807) is 0 Å². The van der Waals surface area contributed by atoms with Gasteiger partial charge in [0.15, 0.2) is 0 Å². The van der Waals surface area contributed by atoms with Crippen LogP contribution in [0.2, 0.25) is 0 Å². The van der Waals surface area contributed by atoms with E-state index in [0.717, 1.165) is 50.3 Å². The molecule has 0 spiro atoms. The monoisotopic (exact) mass is 825 g/mol. The Hall–Kier alpha value is -7.50. The maximum atomic E-state index is 5.24. The van der Waals surface area contributed by atoms with Crippen LogP contribution in [-0.2, 0) is 16.2 Å². The maximum Gasteiger partial charge on any atom is 0.0993 e. The summed E-state index contributed by atoms with van der Waals surface area (Å²) in [6.07, 6.45) is 3.70. The highest BCUT2D eigenvalue weighted by Gasteiger charge is 2.44. The normalized spacial score (nSPS) is 16.2. The largest absolute Gasteiger partial charge is 0.309 e. The van der Waals surface area contributed by atoms with Gasteiger partial charge in [-0.25, -0.2) is 0 Å². The maximum absolute atomic E-state index is 5.24. The molecule has 308 valence electrons. The molecule has 0 N–H and O–H groups in total. The molecule has 1 aromatic heterocycles. The Kier molecular flexibility index (Phi) is 7.42. The lowest BCUT2D eigenvalue weighted by molar-refractivity contribution is 0.631. The van der Waals surface area contributed by atoms with Crippen molar-refractivity contribution in [2.75, 3.05) is 14.7 Å². The molecule has 8 aromatic carbocycles. The second-order valence-corrected chi connectivity index (χ2v) is 19.4. The van der Waals surface area contributed by atoms with Gasteiger partial charge in [0.2, 0.25) is 0 Å². The number of benzene rings is 8. The molecule has 3 aliphatic heterocycles. The quantitative estimate of drug-likeness (QED) is 0.177. The highest BCUT2D eigenvalue weighted by molar-refractivity contribution is 6.26. The standard InChI is InChI=1S/C59H47N5/c1-57(2)37-19-7-13-25-43(37)62(44-26-14-8-20-38(44)57)49-32-31-36-52-53(49)50(63-45-27-15-9-21-39(45)58(3,4)40-22-10-16-28-46(40)63)35-51(54(52)56-55(36)60-33-34-61-56)64-47-29-17-11-23-41(47)59(5,6)42-24-12-18-30-48(42)64/h7-35H,1-6H3. The van der Waals surface area contributed by atoms with E-state index in [1.165, 1.54) is 67.5 Å². The smallest absolute Gasteiger partial charge is 0.0993 e. The van der Waals surface area contributed by atoms with E-state index in [2.05, 4.69) is 220 Å². The zero-order valence-electron chi connectivity index (χ0n) is 37.0. The first kappa shape index (κ1) is 37.1. The minimum atomic E-state index is -0.235. The third-order valence-corrected chi connectivity index (χ3v) is 15.0. The topological polar surface area (TPSA) is 35.5 Å². The van der Waals surface area contributed by atoms with Crippen molar-refractivity contribution in [2.45, 2.75) is 57.8 Å². The Morgan fingerprint density at radius 1 is 0.312 bits per heavy atom. The fraction of sp³-hybridized carbons (Fsp3) is 0.153. The van der Waals surface area contributed by atoms with E-state index in [-0.39, 0.29) is 16.2 Å². The van der Waals surface area contributed by atoms with Gasteiger partial charge in [0, 0.05) is 50.5 Å². The molecule has 0 atom stereocenters. The fourth-order valence-electron chi connectivity index (χ4n) is 12.0. The van der Waals surface area contributed by atoms with Crippen LogP contribution in [0.5, 0.6) is 0 Å². The molecule has 64 heavy (non-hydrogen) atoms. The van der Waals surface area contributed by atoms with Crippen LogP contribution in [0.1, 0.15) is 74.9 Å². The van der Waals surface area contributed by atoms with Crippen molar-refractivity contribution in [2.24, 2.45) is 0 Å². The summed E-state index contributed by atoms with van der Waals surface area (Å²) in [5, 5.41) is 2.31. The summed E-state index contributed by atoms with van der Waals surface area (Å²) >= 11 is 0. The van der Waals surface area contributed by atoms with Gasteiger partial charge in [0.1, 0.15) is 0 Å². The molecule has 0 saturated heterocycles. The molecule has 5 nitrogen and oxygen atoms in total. The van der Waals surface area contributed by atoms with E-state index in [0.29, 0.717) is 0 Å². The summed E-state index contributed by atoms with van der Waals surface area (Å²) in [5.41, 5.74) is 21.5. The molecule has 0 unspecified atom stereocenters. The second-order valence-electron chi connectivity index (χ2n) is 19.4. The van der Waals surface area contributed by atoms with E-state index in [4.69, 9.17) is 9.97 Å². The van der Waals surface area contributed by atoms with Crippen molar-refractivity contribution in [3.63, 3.8) is 0 Å². The Labute approximate surface area is 374 Å². The molecule has 1 aliphatic carbocycles. The lowest BCUT2D eigenvalue weighted by Gasteiger charge is -2.45. The predicted molar refractivity (Wildman–Crippen MR) is 264 cm³/mol. The number of nitrogens with zero attached hydrogens (tertiary/aromatic N) is 5. The number of para-hydroxylation sites is 6. The Morgan fingerprint density at radius 2 is 0.641 bits per heavy atom. The lowest BCUT2D eigenvalue weighted by atomic mass is 9.73. The minimum absolute atomic E-state index is 0.211. The van der Waals surface area contributed by atoms with Gasteiger partial charge < -0.3 is 14.7 Å². The van der Waals surface area contributed by atoms with Crippen molar-refractivity contribution < 1.29 is 0 Å². The van der Waals surface area contributed by atoms with Gasteiger partial charge in [-0.3, -0.25) is 9.97 Å². The van der Waals surface area contributed by atoms with Gasteiger partial charge in [0.25, 0.3) is 0 Å². The molecule has 9 aromatic rings. The van der Waals surface area contributed by atoms with Crippen LogP contribution in [0.15, 0.2) is 176 Å². The number of hydrogen-bond acceptors (Lipinski definition) is 5. The number of anilines is 9. The Morgan fingerprint density at radius 3 is 1.03 bits per heavy atom. The van der Waals surface area contributed by atoms with Gasteiger partial charge in [-0.1, -0.05) is 151 Å². The van der Waals surface area contributed by atoms with Crippen LogP contribution >= 0.6 is 0 Å². The minimum Gasteiger partial charge on any atom is -0.309 e. The molecule has 13 rings (SSSR count). The zero-order valence-corrected chi connectivity index (χ0v) is 37.0. The number of hydrogen-bond donors (Lipinski definition) is 0. The van der Waals surface area contributed by atoms with Crippen LogP contribution in [0.4, 0.5) is 51.2 Å². The molecule has 0 bridgehead atoms. The Balaban J connectivity index is 1.24. The molecule has 5 heteroatoms. The van der Waals surface area contributed by atoms with Gasteiger partial charge in [0.05, 0.1) is 62.6 Å². The molecule has 0 saturated carbocycles. The van der Waals surface area contributed by atoms with Crippen molar-refractivity contribution in [1.29, 1.82) is 0 Å². The van der Waals surface area contributed by atoms with Crippen LogP contribution in [0, 0.1) is 0 Å². The highest BCUT2D eigenvalue weighted by atomic mass is 15.2. The van der Waals surface area contributed by atoms with Crippen molar-refractivity contribution in [3.05, 3.63) is 210 Å². The van der Waals surface area contributed by atoms with Crippen LogP contribution in [0.25, 0.3) is 33.3 Å². The summed E-state index contributed by atoms with van der Waals surface area (Å²) < 4.78 is 0. The van der Waals surface area contributed by atoms with Gasteiger partial charge in [-0.15, -0.1) is 0 Å². The highest BCUT2D eigenvalue weighted by Crippen LogP contribution is 2.64.